The van der Waals surface area contributed by atoms with Gasteiger partial charge in [0.1, 0.15) is 6.10 Å². The minimum atomic E-state index is -1.31. The lowest BCUT2D eigenvalue weighted by molar-refractivity contribution is -0.137. The minimum absolute atomic E-state index is 0.112. The van der Waals surface area contributed by atoms with Crippen LogP contribution >= 0.6 is 12.2 Å². The van der Waals surface area contributed by atoms with E-state index < -0.39 is 17.4 Å². The first-order valence-corrected chi connectivity index (χ1v) is 6.09. The summed E-state index contributed by atoms with van der Waals surface area (Å²) in [6.07, 6.45) is -1.20. The average molecular weight is 276 g/mol. The molecule has 0 aromatic carbocycles. The third kappa shape index (κ3) is 6.04. The fourth-order valence-electron chi connectivity index (χ4n) is 1.08. The van der Waals surface area contributed by atoms with Crippen LogP contribution in [0.4, 0.5) is 0 Å². The number of amides is 2. The highest BCUT2D eigenvalue weighted by Crippen LogP contribution is 2.19. The fourth-order valence-corrected chi connectivity index (χ4v) is 1.16. The Bertz CT molecular complexity index is 307. The molecule has 0 aromatic heterocycles. The molecule has 0 saturated heterocycles. The first-order valence-electron chi connectivity index (χ1n) is 5.62. The molecule has 4 N–H and O–H groups in total. The van der Waals surface area contributed by atoms with Gasteiger partial charge in [0.05, 0.1) is 6.61 Å². The van der Waals surface area contributed by atoms with Crippen molar-refractivity contribution in [3.8, 4) is 0 Å². The second kappa shape index (κ2) is 8.12. The Balaban J connectivity index is 3.97. The molecule has 0 spiro atoms. The molecule has 0 rings (SSSR count). The van der Waals surface area contributed by atoms with Crippen molar-refractivity contribution < 1.29 is 19.8 Å². The number of carbonyl (C=O) groups excluding carboxylic acids is 2. The highest BCUT2D eigenvalue weighted by molar-refractivity contribution is 7.79. The molecule has 1 unspecified atom stereocenters. The summed E-state index contributed by atoms with van der Waals surface area (Å²) < 4.78 is 0. The highest BCUT2D eigenvalue weighted by Gasteiger charge is 2.32. The number of hydrogen-bond acceptors (Lipinski definition) is 5. The highest BCUT2D eigenvalue weighted by atomic mass is 32.1. The van der Waals surface area contributed by atoms with Crippen LogP contribution in [0.3, 0.4) is 0 Å². The van der Waals surface area contributed by atoms with Crippen molar-refractivity contribution in [1.82, 2.24) is 10.6 Å². The van der Waals surface area contributed by atoms with Crippen LogP contribution in [-0.4, -0.2) is 53.2 Å². The summed E-state index contributed by atoms with van der Waals surface area (Å²) in [7, 11) is 0. The van der Waals surface area contributed by atoms with Gasteiger partial charge in [-0.05, 0) is 5.37 Å². The van der Waals surface area contributed by atoms with Crippen LogP contribution in [0, 0.1) is 5.41 Å². The summed E-state index contributed by atoms with van der Waals surface area (Å²) in [5.41, 5.74) is -0.913. The van der Waals surface area contributed by atoms with E-state index in [-0.39, 0.29) is 25.5 Å². The van der Waals surface area contributed by atoms with Gasteiger partial charge in [0.15, 0.2) is 0 Å². The van der Waals surface area contributed by atoms with Gasteiger partial charge in [0, 0.05) is 24.9 Å². The SMILES string of the molecule is CC(C)(CO)C(O)C(=O)NCCC(=O)NCC=S. The minimum Gasteiger partial charge on any atom is -0.396 e. The summed E-state index contributed by atoms with van der Waals surface area (Å²) in [5, 5.41) is 25.0. The van der Waals surface area contributed by atoms with E-state index in [2.05, 4.69) is 22.9 Å². The molecule has 104 valence electrons. The van der Waals surface area contributed by atoms with Gasteiger partial charge in [-0.2, -0.15) is 0 Å². The second-order valence-corrected chi connectivity index (χ2v) is 4.89. The second-order valence-electron chi connectivity index (χ2n) is 4.56. The maximum Gasteiger partial charge on any atom is 0.249 e. The van der Waals surface area contributed by atoms with Gasteiger partial charge in [0.25, 0.3) is 0 Å². The molecular formula is C11H20N2O4S. The predicted octanol–water partition coefficient (Wildman–Crippen LogP) is -1.01. The number of nitrogens with one attached hydrogen (secondary N) is 2. The van der Waals surface area contributed by atoms with Crippen molar-refractivity contribution in [2.24, 2.45) is 5.41 Å². The average Bonchev–Trinajstić information content (AvgIpc) is 2.35. The van der Waals surface area contributed by atoms with Gasteiger partial charge in [-0.15, -0.1) is 0 Å². The van der Waals surface area contributed by atoms with Crippen LogP contribution in [0.1, 0.15) is 20.3 Å². The molecule has 0 aliphatic carbocycles. The zero-order chi connectivity index (χ0) is 14.2. The van der Waals surface area contributed by atoms with E-state index in [1.54, 1.807) is 13.8 Å². The van der Waals surface area contributed by atoms with E-state index in [0.717, 1.165) is 0 Å². The molecule has 0 saturated carbocycles. The first-order chi connectivity index (χ1) is 8.35. The zero-order valence-corrected chi connectivity index (χ0v) is 11.4. The lowest BCUT2D eigenvalue weighted by Crippen LogP contribution is -2.46. The van der Waals surface area contributed by atoms with Crippen LogP contribution in [0.25, 0.3) is 0 Å². The molecule has 18 heavy (non-hydrogen) atoms. The normalized spacial score (nSPS) is 12.7. The molecule has 0 aromatic rings. The first kappa shape index (κ1) is 16.9. The van der Waals surface area contributed by atoms with Gasteiger partial charge >= 0.3 is 0 Å². The summed E-state index contributed by atoms with van der Waals surface area (Å²) in [5.74, 6) is -0.830. The standard InChI is InChI=1S/C11H20N2O4S/c1-11(2,7-14)9(16)10(17)13-4-3-8(15)12-5-6-18/h6,9,14,16H,3-5,7H2,1-2H3,(H,12,15)(H,13,17). The predicted molar refractivity (Wildman–Crippen MR) is 71.2 cm³/mol. The topological polar surface area (TPSA) is 98.7 Å². The van der Waals surface area contributed by atoms with Crippen LogP contribution < -0.4 is 10.6 Å². The molecule has 6 nitrogen and oxygen atoms in total. The van der Waals surface area contributed by atoms with E-state index in [1.165, 1.54) is 5.37 Å². The van der Waals surface area contributed by atoms with Gasteiger partial charge < -0.3 is 20.8 Å². The van der Waals surface area contributed by atoms with E-state index in [1.807, 2.05) is 0 Å². The van der Waals surface area contributed by atoms with E-state index in [9.17, 15) is 14.7 Å². The Morgan fingerprint density at radius 2 is 2.00 bits per heavy atom. The lowest BCUT2D eigenvalue weighted by atomic mass is 9.87. The lowest BCUT2D eigenvalue weighted by Gasteiger charge is -2.27. The number of carbonyl (C=O) groups is 2. The molecule has 0 bridgehead atoms. The Morgan fingerprint density at radius 1 is 1.39 bits per heavy atom. The van der Waals surface area contributed by atoms with Crippen LogP contribution in [0.2, 0.25) is 0 Å². The summed E-state index contributed by atoms with van der Waals surface area (Å²) in [4.78, 5) is 22.7. The summed E-state index contributed by atoms with van der Waals surface area (Å²) in [6.45, 7) is 3.27. The van der Waals surface area contributed by atoms with Gasteiger partial charge in [0.2, 0.25) is 11.8 Å². The molecule has 0 fully saturated rings. The van der Waals surface area contributed by atoms with Gasteiger partial charge in [-0.25, -0.2) is 0 Å². The van der Waals surface area contributed by atoms with E-state index >= 15 is 0 Å². The van der Waals surface area contributed by atoms with Gasteiger partial charge in [-0.3, -0.25) is 9.59 Å². The molecular weight excluding hydrogens is 256 g/mol. The third-order valence-corrected chi connectivity index (χ3v) is 2.60. The summed E-state index contributed by atoms with van der Waals surface area (Å²) >= 11 is 4.55. The smallest absolute Gasteiger partial charge is 0.249 e. The number of aliphatic hydroxyl groups is 2. The summed E-state index contributed by atoms with van der Waals surface area (Å²) in [6, 6.07) is 0. The van der Waals surface area contributed by atoms with Crippen LogP contribution in [-0.2, 0) is 9.59 Å². The monoisotopic (exact) mass is 276 g/mol. The fraction of sp³-hybridized carbons (Fsp3) is 0.727. The van der Waals surface area contributed by atoms with Crippen molar-refractivity contribution in [2.45, 2.75) is 26.4 Å². The van der Waals surface area contributed by atoms with Crippen molar-refractivity contribution in [3.63, 3.8) is 0 Å². The third-order valence-electron chi connectivity index (χ3n) is 2.43. The van der Waals surface area contributed by atoms with Crippen molar-refractivity contribution in [3.05, 3.63) is 0 Å². The van der Waals surface area contributed by atoms with Crippen LogP contribution in [0.5, 0.6) is 0 Å². The van der Waals surface area contributed by atoms with E-state index in [0.29, 0.717) is 6.54 Å². The Labute approximate surface area is 112 Å². The molecule has 7 heteroatoms. The van der Waals surface area contributed by atoms with Crippen molar-refractivity contribution >= 4 is 29.4 Å². The molecule has 0 heterocycles. The maximum absolute atomic E-state index is 11.5. The van der Waals surface area contributed by atoms with Crippen LogP contribution in [0.15, 0.2) is 0 Å². The number of thiocarbonyl (C=S) groups is 1. The zero-order valence-electron chi connectivity index (χ0n) is 10.6. The van der Waals surface area contributed by atoms with Crippen molar-refractivity contribution in [1.29, 1.82) is 0 Å². The molecule has 0 aliphatic rings. The van der Waals surface area contributed by atoms with E-state index in [4.69, 9.17) is 5.11 Å². The molecule has 1 atom stereocenters. The quantitative estimate of drug-likeness (QED) is 0.426. The molecule has 0 radical (unpaired) electrons. The number of rotatable bonds is 8. The Kier molecular flexibility index (Phi) is 7.65. The van der Waals surface area contributed by atoms with Crippen molar-refractivity contribution in [2.75, 3.05) is 19.7 Å². The largest absolute Gasteiger partial charge is 0.396 e. The molecule has 2 amide bonds. The number of hydrogen-bond donors (Lipinski definition) is 4. The Morgan fingerprint density at radius 3 is 2.50 bits per heavy atom. The maximum atomic E-state index is 11.5. The Hall–Kier alpha value is -1.05. The van der Waals surface area contributed by atoms with Gasteiger partial charge in [-0.1, -0.05) is 26.1 Å². The number of aliphatic hydroxyl groups excluding tert-OH is 2. The molecule has 0 aliphatic heterocycles.